The van der Waals surface area contributed by atoms with E-state index < -0.39 is 0 Å². The zero-order chi connectivity index (χ0) is 29.8. The Hall–Kier alpha value is -3.32. The SMILES string of the molecule is [Pt+2].[Pt+2].[c-]1c[se]c2[se]c[c-]c12.[c-]1ccccc1-c1cccc(-c2ccccn2)n1.[c-]1ccccc1-c1cccc(-c2ccccn2)n1. The zero-order valence-electron chi connectivity index (χ0n) is 24.1. The molecule has 8 heteroatoms. The minimum Gasteiger partial charge on any atom is -0.295 e. The maximum absolute atomic E-state index is 4.62. The third-order valence-electron chi connectivity index (χ3n) is 6.27. The van der Waals surface area contributed by atoms with Crippen molar-refractivity contribution in [3.8, 4) is 45.3 Å². The molecule has 0 amide bonds. The van der Waals surface area contributed by atoms with Crippen LogP contribution in [0.3, 0.4) is 0 Å². The summed E-state index contributed by atoms with van der Waals surface area (Å²) < 4.78 is 1.62. The van der Waals surface area contributed by atoms with Crippen molar-refractivity contribution >= 4 is 37.5 Å². The van der Waals surface area contributed by atoms with Gasteiger partial charge in [0.15, 0.2) is 0 Å². The molecule has 8 rings (SSSR count). The minimum atomic E-state index is 0. The fourth-order valence-electron chi connectivity index (χ4n) is 4.18. The maximum Gasteiger partial charge on any atom is 0.0876 e. The topological polar surface area (TPSA) is 51.6 Å². The molecule has 0 N–H and O–H groups in total. The number of hydrogen-bond donors (Lipinski definition) is 0. The van der Waals surface area contributed by atoms with Gasteiger partial charge in [0.2, 0.25) is 0 Å². The quantitative estimate of drug-likeness (QED) is 0.134. The van der Waals surface area contributed by atoms with E-state index in [1.54, 1.807) is 15.5 Å². The summed E-state index contributed by atoms with van der Waals surface area (Å²) in [7, 11) is 0. The number of rotatable bonds is 4. The van der Waals surface area contributed by atoms with Crippen LogP contribution in [0.4, 0.5) is 0 Å². The van der Waals surface area contributed by atoms with Crippen molar-refractivity contribution in [1.29, 1.82) is 0 Å². The van der Waals surface area contributed by atoms with E-state index in [2.05, 4.69) is 54.1 Å². The molecule has 0 saturated heterocycles. The first kappa shape index (κ1) is 35.5. The molecule has 8 aromatic rings. The van der Waals surface area contributed by atoms with Crippen LogP contribution in [0.1, 0.15) is 0 Å². The van der Waals surface area contributed by atoms with Crippen LogP contribution in [0.5, 0.6) is 0 Å². The molecule has 0 spiro atoms. The molecule has 0 unspecified atom stereocenters. The molecule has 0 aliphatic rings. The number of hydrogen-bond acceptors (Lipinski definition) is 4. The van der Waals surface area contributed by atoms with Crippen LogP contribution in [-0.4, -0.2) is 48.9 Å². The molecule has 228 valence electrons. The molecule has 0 aliphatic heterocycles. The van der Waals surface area contributed by atoms with Gasteiger partial charge in [0.25, 0.3) is 0 Å². The number of benzene rings is 2. The van der Waals surface area contributed by atoms with Crippen molar-refractivity contribution in [2.24, 2.45) is 0 Å². The standard InChI is InChI=1S/2C16H11N2.C6H2Se2.2Pt/c2*1-2-7-13(8-3-1)14-10-6-11-16(18-14)15-9-4-5-12-17-15;1-3-7-6-5(1)2-4-8-6;;/h2*1-7,9-12H;3-4H;;/q2*-1;-2;2*+2. The van der Waals surface area contributed by atoms with E-state index in [4.69, 9.17) is 0 Å². The Morgan fingerprint density at radius 3 is 1.24 bits per heavy atom. The number of nitrogens with zero attached hydrogens (tertiary/aromatic N) is 4. The number of fused-ring (bicyclic) bond motifs is 1. The summed E-state index contributed by atoms with van der Waals surface area (Å²) in [5.41, 5.74) is 7.35. The van der Waals surface area contributed by atoms with Crippen molar-refractivity contribution in [1.82, 2.24) is 19.9 Å². The summed E-state index contributed by atoms with van der Waals surface area (Å²) >= 11 is 1.30. The first-order valence-electron chi connectivity index (χ1n) is 13.8. The first-order chi connectivity index (χ1) is 21.8. The third-order valence-corrected chi connectivity index (χ3v) is 11.1. The van der Waals surface area contributed by atoms with Crippen LogP contribution in [0.25, 0.3) is 53.8 Å². The van der Waals surface area contributed by atoms with Crippen molar-refractivity contribution in [2.45, 2.75) is 0 Å². The zero-order valence-corrected chi connectivity index (χ0v) is 32.1. The number of pyridine rings is 4. The van der Waals surface area contributed by atoms with Gasteiger partial charge in [0.05, 0.1) is 22.8 Å². The van der Waals surface area contributed by atoms with Gasteiger partial charge in [-0.05, 0) is 47.8 Å². The molecule has 4 nitrogen and oxygen atoms in total. The second kappa shape index (κ2) is 18.7. The smallest absolute Gasteiger partial charge is 0.0876 e. The van der Waals surface area contributed by atoms with Gasteiger partial charge in [0.1, 0.15) is 0 Å². The van der Waals surface area contributed by atoms with Crippen molar-refractivity contribution < 1.29 is 42.1 Å². The van der Waals surface area contributed by atoms with Crippen LogP contribution in [0.15, 0.2) is 144 Å². The summed E-state index contributed by atoms with van der Waals surface area (Å²) in [5, 5.41) is 1.27. The second-order valence-electron chi connectivity index (χ2n) is 9.22. The molecule has 0 radical (unpaired) electrons. The predicted octanol–water partition coefficient (Wildman–Crippen LogP) is 7.77. The first-order valence-corrected chi connectivity index (χ1v) is 17.5. The normalized spacial score (nSPS) is 9.83. The maximum atomic E-state index is 4.62. The monoisotopic (exact) mass is 1090 g/mol. The van der Waals surface area contributed by atoms with E-state index in [9.17, 15) is 0 Å². The Morgan fingerprint density at radius 2 is 0.848 bits per heavy atom. The largest absolute Gasteiger partial charge is 0.295 e. The van der Waals surface area contributed by atoms with Gasteiger partial charge >= 0.3 is 102 Å². The number of aromatic nitrogens is 4. The average Bonchev–Trinajstić information content (AvgIpc) is 3.77. The second-order valence-corrected chi connectivity index (χ2v) is 14.2. The van der Waals surface area contributed by atoms with Gasteiger partial charge in [-0.15, -0.1) is 71.8 Å². The molecule has 0 saturated carbocycles. The van der Waals surface area contributed by atoms with Gasteiger partial charge in [-0.3, -0.25) is 19.9 Å². The molecule has 0 fully saturated rings. The van der Waals surface area contributed by atoms with Crippen LogP contribution < -0.4 is 0 Å². The summed E-state index contributed by atoms with van der Waals surface area (Å²) in [6.07, 6.45) is 3.55. The minimum absolute atomic E-state index is 0. The summed E-state index contributed by atoms with van der Waals surface area (Å²) in [4.78, 5) is 22.2. The van der Waals surface area contributed by atoms with E-state index in [1.165, 1.54) is 5.39 Å². The Morgan fingerprint density at radius 1 is 0.413 bits per heavy atom. The molecular formula is C38H24N4Pt2Se2. The van der Waals surface area contributed by atoms with Crippen LogP contribution in [-0.2, 0) is 42.1 Å². The molecule has 6 aromatic heterocycles. The Bertz CT molecular complexity index is 1740. The molecular weight excluding hydrogens is 1060 g/mol. The van der Waals surface area contributed by atoms with Crippen LogP contribution >= 0.6 is 0 Å². The van der Waals surface area contributed by atoms with E-state index in [-0.39, 0.29) is 42.1 Å². The van der Waals surface area contributed by atoms with Crippen molar-refractivity contribution in [2.75, 3.05) is 0 Å². The summed E-state index contributed by atoms with van der Waals surface area (Å²) in [6, 6.07) is 51.9. The van der Waals surface area contributed by atoms with Gasteiger partial charge in [-0.2, -0.15) is 0 Å². The summed E-state index contributed by atoms with van der Waals surface area (Å²) in [6.45, 7) is 0. The van der Waals surface area contributed by atoms with Crippen LogP contribution in [0.2, 0.25) is 0 Å². The van der Waals surface area contributed by atoms with Crippen molar-refractivity contribution in [3.05, 3.63) is 168 Å². The summed E-state index contributed by atoms with van der Waals surface area (Å²) in [5.74, 6) is 0. The van der Waals surface area contributed by atoms with E-state index >= 15 is 0 Å². The Kier molecular flexibility index (Phi) is 14.5. The molecule has 6 heterocycles. The Balaban J connectivity index is 0.000000163. The van der Waals surface area contributed by atoms with Crippen molar-refractivity contribution in [3.63, 3.8) is 0 Å². The van der Waals surface area contributed by atoms with Gasteiger partial charge in [0, 0.05) is 12.4 Å². The molecule has 46 heavy (non-hydrogen) atoms. The molecule has 0 bridgehead atoms. The van der Waals surface area contributed by atoms with Crippen LogP contribution in [0, 0.1) is 24.3 Å². The van der Waals surface area contributed by atoms with E-state index in [0.29, 0.717) is 29.0 Å². The van der Waals surface area contributed by atoms with E-state index in [0.717, 1.165) is 45.3 Å². The Labute approximate surface area is 310 Å². The molecule has 0 aliphatic carbocycles. The fourth-order valence-corrected chi connectivity index (χ4v) is 8.13. The van der Waals surface area contributed by atoms with Gasteiger partial charge < -0.3 is 0 Å². The average molecular weight is 1080 g/mol. The van der Waals surface area contributed by atoms with Gasteiger partial charge in [-0.25, -0.2) is 0 Å². The third kappa shape index (κ3) is 9.84. The molecule has 0 atom stereocenters. The fraction of sp³-hybridized carbons (Fsp3) is 0. The predicted molar refractivity (Wildman–Crippen MR) is 179 cm³/mol. The van der Waals surface area contributed by atoms with Gasteiger partial charge in [-0.1, -0.05) is 36.4 Å². The molecule has 2 aromatic carbocycles. The van der Waals surface area contributed by atoms with E-state index in [1.807, 2.05) is 121 Å².